The molecule has 1 unspecified atom stereocenters. The fourth-order valence-corrected chi connectivity index (χ4v) is 2.60. The van der Waals surface area contributed by atoms with Crippen molar-refractivity contribution in [2.75, 3.05) is 20.6 Å². The first-order chi connectivity index (χ1) is 11.7. The Hall–Kier alpha value is -1.83. The molecule has 1 aromatic carbocycles. The molecule has 1 atom stereocenters. The molecule has 1 fully saturated rings. The van der Waals surface area contributed by atoms with Gasteiger partial charge in [-0.25, -0.2) is 4.39 Å². The number of alkyl halides is 3. The molecule has 0 bridgehead atoms. The van der Waals surface area contributed by atoms with Crippen molar-refractivity contribution in [3.8, 4) is 0 Å². The predicted molar refractivity (Wildman–Crippen MR) is 89.9 cm³/mol. The molecule has 4 nitrogen and oxygen atoms in total. The molecular weight excluding hydrogens is 336 g/mol. The first-order valence-corrected chi connectivity index (χ1v) is 8.24. The second-order valence-electron chi connectivity index (χ2n) is 6.35. The van der Waals surface area contributed by atoms with E-state index >= 15 is 0 Å². The number of guanidine groups is 1. The van der Waals surface area contributed by atoms with Crippen molar-refractivity contribution in [1.29, 1.82) is 0 Å². The molecule has 8 heteroatoms. The molecule has 2 rings (SSSR count). The summed E-state index contributed by atoms with van der Waals surface area (Å²) in [5.41, 5.74) is -1.00. The minimum Gasteiger partial charge on any atom is -0.355 e. The number of hydrogen-bond acceptors (Lipinski definition) is 2. The Balaban J connectivity index is 1.92. The van der Waals surface area contributed by atoms with E-state index in [-0.39, 0.29) is 18.2 Å². The quantitative estimate of drug-likeness (QED) is 0.465. The lowest BCUT2D eigenvalue weighted by Crippen LogP contribution is -2.45. The highest BCUT2D eigenvalue weighted by molar-refractivity contribution is 5.79. The molecule has 0 aromatic heterocycles. The van der Waals surface area contributed by atoms with Crippen LogP contribution in [0, 0.1) is 5.82 Å². The Morgan fingerprint density at radius 2 is 2.00 bits per heavy atom. The van der Waals surface area contributed by atoms with Gasteiger partial charge in [0.05, 0.1) is 5.56 Å². The molecule has 0 amide bonds. The van der Waals surface area contributed by atoms with Gasteiger partial charge >= 0.3 is 6.18 Å². The highest BCUT2D eigenvalue weighted by Crippen LogP contribution is 2.32. The summed E-state index contributed by atoms with van der Waals surface area (Å²) in [7, 11) is 3.62. The molecule has 1 saturated carbocycles. The molecule has 0 aliphatic heterocycles. The van der Waals surface area contributed by atoms with E-state index < -0.39 is 17.6 Å². The average Bonchev–Trinajstić information content (AvgIpc) is 3.39. The molecule has 1 aliphatic carbocycles. The maximum absolute atomic E-state index is 13.1. The minimum absolute atomic E-state index is 0.0278. The van der Waals surface area contributed by atoms with Crippen molar-refractivity contribution in [2.45, 2.75) is 44.6 Å². The zero-order valence-electron chi connectivity index (χ0n) is 14.6. The Kier molecular flexibility index (Phi) is 6.26. The number of halogens is 4. The molecule has 25 heavy (non-hydrogen) atoms. The zero-order valence-corrected chi connectivity index (χ0v) is 14.6. The van der Waals surface area contributed by atoms with Crippen LogP contribution in [0.3, 0.4) is 0 Å². The Morgan fingerprint density at radius 3 is 2.56 bits per heavy atom. The molecule has 0 radical (unpaired) electrons. The van der Waals surface area contributed by atoms with Crippen LogP contribution in [0.15, 0.2) is 23.2 Å². The molecule has 0 heterocycles. The summed E-state index contributed by atoms with van der Waals surface area (Å²) >= 11 is 0. The van der Waals surface area contributed by atoms with E-state index in [2.05, 4.69) is 34.5 Å². The first-order valence-electron chi connectivity index (χ1n) is 8.24. The van der Waals surface area contributed by atoms with Gasteiger partial charge in [-0.3, -0.25) is 9.89 Å². The van der Waals surface area contributed by atoms with Crippen LogP contribution in [0.2, 0.25) is 0 Å². The average molecular weight is 360 g/mol. The fraction of sp³-hybridized carbons (Fsp3) is 0.588. The summed E-state index contributed by atoms with van der Waals surface area (Å²) in [6.07, 6.45) is -2.19. The van der Waals surface area contributed by atoms with Crippen molar-refractivity contribution < 1.29 is 17.6 Å². The van der Waals surface area contributed by atoms with Gasteiger partial charge in [0.25, 0.3) is 0 Å². The van der Waals surface area contributed by atoms with Gasteiger partial charge in [0.1, 0.15) is 5.82 Å². The molecule has 0 saturated heterocycles. The van der Waals surface area contributed by atoms with E-state index in [1.807, 2.05) is 0 Å². The Bertz CT molecular complexity index is 611. The third kappa shape index (κ3) is 5.59. The van der Waals surface area contributed by atoms with Crippen LogP contribution in [0.25, 0.3) is 0 Å². The van der Waals surface area contributed by atoms with E-state index in [9.17, 15) is 17.6 Å². The minimum atomic E-state index is -4.60. The molecule has 140 valence electrons. The Labute approximate surface area is 145 Å². The van der Waals surface area contributed by atoms with Gasteiger partial charge in [-0.15, -0.1) is 0 Å². The molecule has 0 spiro atoms. The van der Waals surface area contributed by atoms with E-state index in [4.69, 9.17) is 0 Å². The fourth-order valence-electron chi connectivity index (χ4n) is 2.60. The van der Waals surface area contributed by atoms with E-state index in [0.29, 0.717) is 24.6 Å². The van der Waals surface area contributed by atoms with E-state index in [0.717, 1.165) is 12.1 Å². The second kappa shape index (κ2) is 8.03. The monoisotopic (exact) mass is 360 g/mol. The number of likely N-dealkylation sites (N-methyl/N-ethyl adjacent to an activating group) is 1. The smallest absolute Gasteiger partial charge is 0.355 e. The van der Waals surface area contributed by atoms with Crippen LogP contribution in [-0.2, 0) is 12.7 Å². The van der Waals surface area contributed by atoms with Crippen molar-refractivity contribution in [3.05, 3.63) is 35.1 Å². The summed E-state index contributed by atoms with van der Waals surface area (Å²) < 4.78 is 52.2. The van der Waals surface area contributed by atoms with Gasteiger partial charge in [0.2, 0.25) is 0 Å². The predicted octanol–water partition coefficient (Wildman–Crippen LogP) is 2.99. The standard InChI is InChI=1S/C17H24F4N4/c1-11(25(3)14-6-7-14)9-23-16(22-2)24-10-12-4-5-13(18)8-15(12)17(19,20)21/h4-5,8,11,14H,6-7,9-10H2,1-3H3,(H2,22,23,24). The van der Waals surface area contributed by atoms with Crippen LogP contribution in [0.5, 0.6) is 0 Å². The lowest BCUT2D eigenvalue weighted by molar-refractivity contribution is -0.138. The third-order valence-electron chi connectivity index (χ3n) is 4.43. The number of aliphatic imine (C=N–C) groups is 1. The van der Waals surface area contributed by atoms with Crippen molar-refractivity contribution in [2.24, 2.45) is 4.99 Å². The van der Waals surface area contributed by atoms with Crippen LogP contribution >= 0.6 is 0 Å². The summed E-state index contributed by atoms with van der Waals surface area (Å²) in [4.78, 5) is 6.30. The van der Waals surface area contributed by atoms with E-state index in [1.165, 1.54) is 12.8 Å². The third-order valence-corrected chi connectivity index (χ3v) is 4.43. The summed E-state index contributed by atoms with van der Waals surface area (Å²) in [6, 6.07) is 3.58. The second-order valence-corrected chi connectivity index (χ2v) is 6.35. The highest BCUT2D eigenvalue weighted by Gasteiger charge is 2.33. The molecular formula is C17H24F4N4. The first kappa shape index (κ1) is 19.5. The molecule has 2 N–H and O–H groups in total. The summed E-state index contributed by atoms with van der Waals surface area (Å²) in [6.45, 7) is 2.62. The van der Waals surface area contributed by atoms with Crippen LogP contribution in [0.1, 0.15) is 30.9 Å². The lowest BCUT2D eigenvalue weighted by Gasteiger charge is -2.25. The van der Waals surface area contributed by atoms with Gasteiger partial charge in [0, 0.05) is 32.2 Å². The largest absolute Gasteiger partial charge is 0.416 e. The number of nitrogens with zero attached hydrogens (tertiary/aromatic N) is 2. The normalized spacial score (nSPS) is 16.9. The van der Waals surface area contributed by atoms with Gasteiger partial charge in [-0.2, -0.15) is 13.2 Å². The van der Waals surface area contributed by atoms with Gasteiger partial charge in [0.15, 0.2) is 5.96 Å². The maximum Gasteiger partial charge on any atom is 0.416 e. The van der Waals surface area contributed by atoms with Crippen molar-refractivity contribution in [1.82, 2.24) is 15.5 Å². The maximum atomic E-state index is 13.1. The van der Waals surface area contributed by atoms with Gasteiger partial charge < -0.3 is 10.6 Å². The lowest BCUT2D eigenvalue weighted by atomic mass is 10.1. The molecule has 1 aromatic rings. The van der Waals surface area contributed by atoms with Crippen LogP contribution in [-0.4, -0.2) is 43.6 Å². The summed E-state index contributed by atoms with van der Waals surface area (Å²) in [5, 5.41) is 5.97. The van der Waals surface area contributed by atoms with Gasteiger partial charge in [-0.1, -0.05) is 6.07 Å². The number of benzene rings is 1. The zero-order chi connectivity index (χ0) is 18.6. The number of rotatable bonds is 6. The summed E-state index contributed by atoms with van der Waals surface area (Å²) in [5.74, 6) is -0.496. The van der Waals surface area contributed by atoms with Crippen molar-refractivity contribution >= 4 is 5.96 Å². The van der Waals surface area contributed by atoms with Crippen LogP contribution in [0.4, 0.5) is 17.6 Å². The van der Waals surface area contributed by atoms with Crippen molar-refractivity contribution in [3.63, 3.8) is 0 Å². The topological polar surface area (TPSA) is 39.7 Å². The number of nitrogens with one attached hydrogen (secondary N) is 2. The Morgan fingerprint density at radius 1 is 1.32 bits per heavy atom. The van der Waals surface area contributed by atoms with Crippen LogP contribution < -0.4 is 10.6 Å². The van der Waals surface area contributed by atoms with E-state index in [1.54, 1.807) is 7.05 Å². The SMILES string of the molecule is CN=C(NCc1ccc(F)cc1C(F)(F)F)NCC(C)N(C)C1CC1. The van der Waals surface area contributed by atoms with Gasteiger partial charge in [-0.05, 0) is 44.5 Å². The molecule has 1 aliphatic rings. The highest BCUT2D eigenvalue weighted by atomic mass is 19.4. The number of hydrogen-bond donors (Lipinski definition) is 2.